The molecule has 1 N–H and O–H groups in total. The van der Waals surface area contributed by atoms with Crippen LogP contribution in [-0.2, 0) is 22.7 Å². The summed E-state index contributed by atoms with van der Waals surface area (Å²) < 4.78 is 5.80. The van der Waals surface area contributed by atoms with Gasteiger partial charge in [0.25, 0.3) is 0 Å². The summed E-state index contributed by atoms with van der Waals surface area (Å²) >= 11 is 0. The van der Waals surface area contributed by atoms with Crippen molar-refractivity contribution < 1.29 is 9.53 Å². The Balaban J connectivity index is 1.52. The topological polar surface area (TPSA) is 84.0 Å². The van der Waals surface area contributed by atoms with E-state index in [9.17, 15) is 4.79 Å². The van der Waals surface area contributed by atoms with Gasteiger partial charge in [0.05, 0.1) is 0 Å². The van der Waals surface area contributed by atoms with Gasteiger partial charge in [-0.2, -0.15) is 5.21 Å². The van der Waals surface area contributed by atoms with E-state index in [1.807, 2.05) is 48.5 Å². The van der Waals surface area contributed by atoms with Gasteiger partial charge in [-0.3, -0.25) is 9.69 Å². The van der Waals surface area contributed by atoms with E-state index in [0.717, 1.165) is 53.6 Å². The fourth-order valence-electron chi connectivity index (χ4n) is 4.77. The maximum absolute atomic E-state index is 13.3. The van der Waals surface area contributed by atoms with Crippen LogP contribution in [-0.4, -0.2) is 44.1 Å². The lowest BCUT2D eigenvalue weighted by atomic mass is 9.97. The Morgan fingerprint density at radius 2 is 1.61 bits per heavy atom. The number of carbonyl (C=O) groups is 1. The van der Waals surface area contributed by atoms with Crippen LogP contribution in [0, 0.1) is 5.92 Å². The average Bonchev–Trinajstić information content (AvgIpc) is 3.48. The zero-order valence-electron chi connectivity index (χ0n) is 22.5. The summed E-state index contributed by atoms with van der Waals surface area (Å²) in [7, 11) is 0. The van der Waals surface area contributed by atoms with Crippen LogP contribution in [0.1, 0.15) is 51.2 Å². The lowest BCUT2D eigenvalue weighted by Gasteiger charge is -2.33. The lowest BCUT2D eigenvalue weighted by molar-refractivity contribution is -0.153. The van der Waals surface area contributed by atoms with Gasteiger partial charge in [0.1, 0.15) is 12.6 Å². The van der Waals surface area contributed by atoms with E-state index in [1.165, 1.54) is 0 Å². The molecule has 1 atom stereocenters. The van der Waals surface area contributed by atoms with Crippen molar-refractivity contribution in [3.63, 3.8) is 0 Å². The van der Waals surface area contributed by atoms with Gasteiger partial charge in [0, 0.05) is 12.1 Å². The van der Waals surface area contributed by atoms with Crippen LogP contribution in [0.15, 0.2) is 78.9 Å². The van der Waals surface area contributed by atoms with Crippen LogP contribution in [0.4, 0.5) is 0 Å². The van der Waals surface area contributed by atoms with Crippen LogP contribution in [0.3, 0.4) is 0 Å². The highest BCUT2D eigenvalue weighted by Gasteiger charge is 2.30. The van der Waals surface area contributed by atoms with Crippen molar-refractivity contribution in [1.29, 1.82) is 0 Å². The highest BCUT2D eigenvalue weighted by Crippen LogP contribution is 2.30. The second kappa shape index (κ2) is 13.6. The molecule has 0 unspecified atom stereocenters. The normalized spacial score (nSPS) is 12.1. The molecule has 0 fully saturated rings. The summed E-state index contributed by atoms with van der Waals surface area (Å²) in [6, 6.07) is 26.1. The predicted molar refractivity (Wildman–Crippen MR) is 150 cm³/mol. The van der Waals surface area contributed by atoms with E-state index >= 15 is 0 Å². The molecule has 0 aliphatic heterocycles. The number of nitrogens with one attached hydrogen (secondary N) is 1. The minimum atomic E-state index is -0.311. The van der Waals surface area contributed by atoms with E-state index in [1.54, 1.807) is 0 Å². The van der Waals surface area contributed by atoms with E-state index < -0.39 is 0 Å². The Morgan fingerprint density at radius 1 is 0.895 bits per heavy atom. The third-order valence-electron chi connectivity index (χ3n) is 6.70. The van der Waals surface area contributed by atoms with Gasteiger partial charge in [0.2, 0.25) is 5.82 Å². The Hall–Kier alpha value is -3.84. The first kappa shape index (κ1) is 27.2. The summed E-state index contributed by atoms with van der Waals surface area (Å²) in [6.45, 7) is 8.21. The Kier molecular flexibility index (Phi) is 9.76. The number of ether oxygens (including phenoxy) is 1. The fraction of sp³-hybridized carbons (Fsp3) is 0.355. The van der Waals surface area contributed by atoms with Crippen molar-refractivity contribution >= 4 is 5.97 Å². The van der Waals surface area contributed by atoms with Gasteiger partial charge in [-0.15, -0.1) is 10.2 Å². The molecular formula is C31H37N5O2. The number of esters is 1. The maximum atomic E-state index is 13.3. The number of aromatic amines is 1. The number of tetrazole rings is 1. The molecule has 7 heteroatoms. The smallest absolute Gasteiger partial charge is 0.323 e. The number of carbonyl (C=O) groups excluding carboxylic acids is 1. The monoisotopic (exact) mass is 511 g/mol. The summed E-state index contributed by atoms with van der Waals surface area (Å²) in [4.78, 5) is 15.6. The molecule has 0 aliphatic carbocycles. The van der Waals surface area contributed by atoms with E-state index in [-0.39, 0.29) is 17.9 Å². The standard InChI is InChI=1S/C31H37N5O2/c1-4-5-11-20-36(29(23(2)3)31(37)38-22-25-12-7-6-8-13-25)21-24-16-18-26(19-17-24)27-14-9-10-15-28(27)30-32-34-35-33-30/h6-10,12-19,23,29H,4-5,11,20-22H2,1-3H3,(H,32,33,34,35)/t29-/m0/s1. The van der Waals surface area contributed by atoms with Crippen LogP contribution in [0.25, 0.3) is 22.5 Å². The Labute approximate surface area is 225 Å². The summed E-state index contributed by atoms with van der Waals surface area (Å²) in [5.74, 6) is 0.535. The second-order valence-electron chi connectivity index (χ2n) is 9.94. The molecule has 4 rings (SSSR count). The van der Waals surface area contributed by atoms with Crippen molar-refractivity contribution in [2.45, 2.75) is 59.2 Å². The van der Waals surface area contributed by atoms with Crippen LogP contribution in [0.5, 0.6) is 0 Å². The quantitative estimate of drug-likeness (QED) is 0.168. The molecule has 198 valence electrons. The van der Waals surface area contributed by atoms with Crippen LogP contribution in [0.2, 0.25) is 0 Å². The van der Waals surface area contributed by atoms with Gasteiger partial charge >= 0.3 is 5.97 Å². The fourth-order valence-corrected chi connectivity index (χ4v) is 4.77. The van der Waals surface area contributed by atoms with Crippen LogP contribution < -0.4 is 0 Å². The first-order chi connectivity index (χ1) is 18.6. The largest absolute Gasteiger partial charge is 0.460 e. The average molecular weight is 512 g/mol. The highest BCUT2D eigenvalue weighted by molar-refractivity contribution is 5.80. The number of unbranched alkanes of at least 4 members (excludes halogenated alkanes) is 2. The summed E-state index contributed by atoms with van der Waals surface area (Å²) in [5, 5.41) is 14.5. The van der Waals surface area contributed by atoms with Gasteiger partial charge in [-0.05, 0) is 46.4 Å². The van der Waals surface area contributed by atoms with Gasteiger partial charge in [0.15, 0.2) is 0 Å². The van der Waals surface area contributed by atoms with Crippen molar-refractivity contribution in [1.82, 2.24) is 25.5 Å². The lowest BCUT2D eigenvalue weighted by Crippen LogP contribution is -2.45. The van der Waals surface area contributed by atoms with Crippen LogP contribution >= 0.6 is 0 Å². The molecule has 0 amide bonds. The maximum Gasteiger partial charge on any atom is 0.323 e. The number of hydrogen-bond donors (Lipinski definition) is 1. The number of rotatable bonds is 13. The molecule has 4 aromatic rings. The first-order valence-corrected chi connectivity index (χ1v) is 13.4. The van der Waals surface area contributed by atoms with E-state index in [4.69, 9.17) is 4.74 Å². The van der Waals surface area contributed by atoms with Gasteiger partial charge in [-0.1, -0.05) is 112 Å². The molecule has 7 nitrogen and oxygen atoms in total. The zero-order chi connectivity index (χ0) is 26.7. The molecule has 3 aromatic carbocycles. The zero-order valence-corrected chi connectivity index (χ0v) is 22.5. The first-order valence-electron chi connectivity index (χ1n) is 13.4. The minimum absolute atomic E-state index is 0.126. The summed E-state index contributed by atoms with van der Waals surface area (Å²) in [6.07, 6.45) is 3.31. The molecule has 1 heterocycles. The number of hydrogen-bond acceptors (Lipinski definition) is 6. The van der Waals surface area contributed by atoms with Gasteiger partial charge in [-0.25, -0.2) is 0 Å². The number of aromatic nitrogens is 4. The molecule has 0 saturated carbocycles. The third kappa shape index (κ3) is 7.13. The molecule has 0 bridgehead atoms. The molecule has 0 spiro atoms. The molecule has 1 aromatic heterocycles. The molecule has 0 radical (unpaired) electrons. The number of benzene rings is 3. The molecule has 0 saturated heterocycles. The molecule has 38 heavy (non-hydrogen) atoms. The third-order valence-corrected chi connectivity index (χ3v) is 6.70. The Morgan fingerprint density at radius 3 is 2.26 bits per heavy atom. The predicted octanol–water partition coefficient (Wildman–Crippen LogP) is 6.29. The van der Waals surface area contributed by atoms with Crippen molar-refractivity contribution in [3.05, 3.63) is 90.0 Å². The highest BCUT2D eigenvalue weighted by atomic mass is 16.5. The molecule has 0 aliphatic rings. The number of nitrogens with zero attached hydrogens (tertiary/aromatic N) is 4. The van der Waals surface area contributed by atoms with Crippen molar-refractivity contribution in [2.75, 3.05) is 6.54 Å². The number of H-pyrrole nitrogens is 1. The van der Waals surface area contributed by atoms with E-state index in [0.29, 0.717) is 19.0 Å². The molecular weight excluding hydrogens is 474 g/mol. The van der Waals surface area contributed by atoms with Crippen molar-refractivity contribution in [2.24, 2.45) is 5.92 Å². The van der Waals surface area contributed by atoms with Crippen molar-refractivity contribution in [3.8, 4) is 22.5 Å². The van der Waals surface area contributed by atoms with E-state index in [2.05, 4.69) is 76.6 Å². The van der Waals surface area contributed by atoms with Gasteiger partial charge < -0.3 is 4.74 Å². The second-order valence-corrected chi connectivity index (χ2v) is 9.94. The minimum Gasteiger partial charge on any atom is -0.460 e. The SMILES string of the molecule is CCCCCN(Cc1ccc(-c2ccccc2-c2nn[nH]n2)cc1)[C@H](C(=O)OCc1ccccc1)C(C)C. The summed E-state index contributed by atoms with van der Waals surface area (Å²) in [5.41, 5.74) is 5.21. The Bertz CT molecular complexity index is 1260.